The Bertz CT molecular complexity index is 644. The summed E-state index contributed by atoms with van der Waals surface area (Å²) in [5.41, 5.74) is 0.126. The van der Waals surface area contributed by atoms with Gasteiger partial charge < -0.3 is 5.11 Å². The van der Waals surface area contributed by atoms with E-state index in [1.165, 1.54) is 24.3 Å². The van der Waals surface area contributed by atoms with Gasteiger partial charge in [-0.15, -0.1) is 0 Å². The van der Waals surface area contributed by atoms with Gasteiger partial charge in [0.15, 0.2) is 0 Å². The lowest BCUT2D eigenvalue weighted by molar-refractivity contribution is -0.114. The molecule has 0 aliphatic carbocycles. The minimum Gasteiger partial charge on any atom is -0.478 e. The van der Waals surface area contributed by atoms with E-state index in [0.717, 1.165) is 6.08 Å². The third-order valence-corrected chi connectivity index (χ3v) is 3.58. The molecule has 1 aromatic rings. The van der Waals surface area contributed by atoms with Gasteiger partial charge >= 0.3 is 5.97 Å². The fourth-order valence-electron chi connectivity index (χ4n) is 1.46. The van der Waals surface area contributed by atoms with Crippen LogP contribution < -0.4 is 4.72 Å². The van der Waals surface area contributed by atoms with Crippen LogP contribution in [0.25, 0.3) is 4.91 Å². The van der Waals surface area contributed by atoms with Crippen LogP contribution in [0.4, 0.5) is 0 Å². The van der Waals surface area contributed by atoms with E-state index in [1.54, 1.807) is 4.72 Å². The number of hydrogen-bond acceptors (Lipinski definition) is 4. The number of benzene rings is 1. The summed E-state index contributed by atoms with van der Waals surface area (Å²) in [5.74, 6) is -1.90. The Balaban J connectivity index is 2.55. The highest BCUT2D eigenvalue weighted by molar-refractivity contribution is 7.99. The summed E-state index contributed by atoms with van der Waals surface area (Å²) < 4.78 is 24.8. The van der Waals surface area contributed by atoms with Crippen LogP contribution in [0.2, 0.25) is 0 Å². The maximum atomic E-state index is 11.5. The van der Waals surface area contributed by atoms with Gasteiger partial charge in [-0.2, -0.15) is 0 Å². The Kier molecular flexibility index (Phi) is 2.47. The molecule has 0 unspecified atom stereocenters. The van der Waals surface area contributed by atoms with Crippen molar-refractivity contribution in [3.8, 4) is 0 Å². The molecule has 1 aliphatic rings. The molecule has 1 amide bonds. The first-order chi connectivity index (χ1) is 7.90. The third-order valence-electron chi connectivity index (χ3n) is 2.18. The molecule has 0 aromatic heterocycles. The van der Waals surface area contributed by atoms with Gasteiger partial charge in [-0.1, -0.05) is 12.1 Å². The Hall–Kier alpha value is -2.15. The second-order valence-corrected chi connectivity index (χ2v) is 5.02. The van der Waals surface area contributed by atoms with Crippen molar-refractivity contribution in [3.63, 3.8) is 0 Å². The lowest BCUT2D eigenvalue weighted by Crippen LogP contribution is -2.22. The van der Waals surface area contributed by atoms with Crippen molar-refractivity contribution in [1.29, 1.82) is 0 Å². The molecule has 0 saturated carbocycles. The van der Waals surface area contributed by atoms with Crippen molar-refractivity contribution in [2.45, 2.75) is 0 Å². The van der Waals surface area contributed by atoms with Crippen LogP contribution in [0.3, 0.4) is 0 Å². The molecule has 0 fully saturated rings. The molecule has 0 spiro atoms. The predicted molar refractivity (Wildman–Crippen MR) is 58.4 cm³/mol. The summed E-state index contributed by atoms with van der Waals surface area (Å²) >= 11 is 0. The molecule has 1 aromatic carbocycles. The van der Waals surface area contributed by atoms with Crippen molar-refractivity contribution < 1.29 is 23.1 Å². The van der Waals surface area contributed by atoms with E-state index in [-0.39, 0.29) is 16.0 Å². The Morgan fingerprint density at radius 2 is 2.00 bits per heavy atom. The van der Waals surface area contributed by atoms with E-state index in [9.17, 15) is 18.0 Å². The number of carboxylic acid groups (broad SMARTS) is 1. The summed E-state index contributed by atoms with van der Waals surface area (Å²) in [6.07, 6.45) is 0.927. The topological polar surface area (TPSA) is 101 Å². The predicted octanol–water partition coefficient (Wildman–Crippen LogP) is 0.185. The van der Waals surface area contributed by atoms with Crippen LogP contribution in [-0.2, 0) is 14.8 Å². The van der Waals surface area contributed by atoms with Gasteiger partial charge in [0.25, 0.3) is 15.9 Å². The second kappa shape index (κ2) is 3.70. The molecule has 2 N–H and O–H groups in total. The number of rotatable bonds is 2. The van der Waals surface area contributed by atoms with Crippen molar-refractivity contribution in [1.82, 2.24) is 4.72 Å². The molecule has 2 rings (SSSR count). The first-order valence-electron chi connectivity index (χ1n) is 4.52. The number of aromatic carboxylic acids is 1. The van der Waals surface area contributed by atoms with Crippen LogP contribution >= 0.6 is 0 Å². The smallest absolute Gasteiger partial charge is 0.335 e. The minimum atomic E-state index is -3.86. The number of sulfonamides is 1. The lowest BCUT2D eigenvalue weighted by atomic mass is 10.1. The van der Waals surface area contributed by atoms with E-state index >= 15 is 0 Å². The van der Waals surface area contributed by atoms with Crippen LogP contribution in [0.1, 0.15) is 15.9 Å². The highest BCUT2D eigenvalue weighted by atomic mass is 32.2. The van der Waals surface area contributed by atoms with Gasteiger partial charge in [-0.25, -0.2) is 17.9 Å². The minimum absolute atomic E-state index is 0.0436. The molecule has 88 valence electrons. The zero-order valence-corrected chi connectivity index (χ0v) is 9.19. The van der Waals surface area contributed by atoms with Gasteiger partial charge in [-0.05, 0) is 17.7 Å². The number of carbonyl (C=O) groups excluding carboxylic acids is 1. The van der Waals surface area contributed by atoms with Crippen molar-refractivity contribution in [2.24, 2.45) is 0 Å². The van der Waals surface area contributed by atoms with Crippen molar-refractivity contribution >= 4 is 26.8 Å². The number of hydrogen-bond donors (Lipinski definition) is 2. The molecular formula is C10H7NO5S. The molecule has 0 bridgehead atoms. The molecule has 1 heterocycles. The van der Waals surface area contributed by atoms with E-state index in [0.29, 0.717) is 0 Å². The number of nitrogens with one attached hydrogen (secondary N) is 1. The molecule has 17 heavy (non-hydrogen) atoms. The Morgan fingerprint density at radius 3 is 2.53 bits per heavy atom. The fourth-order valence-corrected chi connectivity index (χ4v) is 2.59. The van der Waals surface area contributed by atoms with Crippen LogP contribution in [-0.4, -0.2) is 25.4 Å². The maximum absolute atomic E-state index is 11.5. The van der Waals surface area contributed by atoms with E-state index < -0.39 is 21.9 Å². The van der Waals surface area contributed by atoms with Gasteiger partial charge in [-0.3, -0.25) is 4.79 Å². The molecule has 0 radical (unpaired) electrons. The van der Waals surface area contributed by atoms with Gasteiger partial charge in [0.1, 0.15) is 4.91 Å². The quantitative estimate of drug-likeness (QED) is 0.783. The summed E-state index contributed by atoms with van der Waals surface area (Å²) in [5, 5.41) is 8.78. The van der Waals surface area contributed by atoms with E-state index in [4.69, 9.17) is 5.11 Å². The number of carboxylic acids is 1. The monoisotopic (exact) mass is 253 g/mol. The van der Waals surface area contributed by atoms with Crippen molar-refractivity contribution in [2.75, 3.05) is 0 Å². The van der Waals surface area contributed by atoms with Crippen molar-refractivity contribution in [3.05, 3.63) is 41.5 Å². The maximum Gasteiger partial charge on any atom is 0.335 e. The summed E-state index contributed by atoms with van der Waals surface area (Å²) in [4.78, 5) is 21.5. The molecule has 7 heteroatoms. The average Bonchev–Trinajstić information content (AvgIpc) is 2.52. The van der Waals surface area contributed by atoms with Gasteiger partial charge in [0.05, 0.1) is 5.56 Å². The van der Waals surface area contributed by atoms with Gasteiger partial charge in [0.2, 0.25) is 0 Å². The average molecular weight is 253 g/mol. The summed E-state index contributed by atoms with van der Waals surface area (Å²) in [7, 11) is -3.86. The summed E-state index contributed by atoms with van der Waals surface area (Å²) in [6, 6.07) is 5.38. The lowest BCUT2D eigenvalue weighted by Gasteiger charge is -2.03. The SMILES string of the molecule is O=C1C=C(c2cccc(C(=O)O)c2)S(=O)(=O)N1. The molecule has 6 nitrogen and oxygen atoms in total. The largest absolute Gasteiger partial charge is 0.478 e. The first-order valence-corrected chi connectivity index (χ1v) is 6.01. The summed E-state index contributed by atoms with van der Waals surface area (Å²) in [6.45, 7) is 0. The second-order valence-electron chi connectivity index (χ2n) is 3.36. The van der Waals surface area contributed by atoms with Gasteiger partial charge in [0, 0.05) is 6.08 Å². The van der Waals surface area contributed by atoms with Crippen LogP contribution in [0, 0.1) is 0 Å². The highest BCUT2D eigenvalue weighted by Gasteiger charge is 2.29. The van der Waals surface area contributed by atoms with Crippen LogP contribution in [0.5, 0.6) is 0 Å². The third kappa shape index (κ3) is 2.04. The molecule has 0 atom stereocenters. The fraction of sp³-hybridized carbons (Fsp3) is 0. The zero-order valence-electron chi connectivity index (χ0n) is 8.38. The van der Waals surface area contributed by atoms with Crippen LogP contribution in [0.15, 0.2) is 30.3 Å². The van der Waals surface area contributed by atoms with E-state index in [2.05, 4.69) is 0 Å². The molecule has 1 aliphatic heterocycles. The molecular weight excluding hydrogens is 246 g/mol. The first kappa shape index (κ1) is 11.3. The zero-order chi connectivity index (χ0) is 12.6. The number of amides is 1. The normalized spacial score (nSPS) is 17.4. The highest BCUT2D eigenvalue weighted by Crippen LogP contribution is 2.24. The number of carbonyl (C=O) groups is 2. The standard InChI is InChI=1S/C10H7NO5S/c12-9-5-8(17(15,16)11-9)6-2-1-3-7(4-6)10(13)14/h1-5H,(H,11,12)(H,13,14). The molecule has 0 saturated heterocycles. The van der Waals surface area contributed by atoms with E-state index in [1.807, 2.05) is 0 Å². The Morgan fingerprint density at radius 1 is 1.29 bits per heavy atom. The Labute approximate surface area is 96.6 Å².